The van der Waals surface area contributed by atoms with Crippen molar-refractivity contribution >= 4 is 11.8 Å². The van der Waals surface area contributed by atoms with E-state index < -0.39 is 11.8 Å². The first-order chi connectivity index (χ1) is 9.16. The fraction of sp³-hybridized carbons (Fsp3) is 0.857. The highest BCUT2D eigenvalue weighted by Gasteiger charge is 2.26. The van der Waals surface area contributed by atoms with Gasteiger partial charge in [0, 0.05) is 19.2 Å². The molecule has 0 aromatic rings. The molecule has 3 atom stereocenters. The predicted molar refractivity (Wildman–Crippen MR) is 71.5 cm³/mol. The molecule has 2 fully saturated rings. The van der Waals surface area contributed by atoms with Crippen molar-refractivity contribution < 1.29 is 14.3 Å². The lowest BCUT2D eigenvalue weighted by Crippen LogP contribution is -2.48. The van der Waals surface area contributed by atoms with E-state index in [0.29, 0.717) is 12.5 Å². The highest BCUT2D eigenvalue weighted by atomic mass is 16.5. The first kappa shape index (κ1) is 14.3. The van der Waals surface area contributed by atoms with Gasteiger partial charge in [0.25, 0.3) is 0 Å². The van der Waals surface area contributed by atoms with Gasteiger partial charge in [0.1, 0.15) is 0 Å². The largest absolute Gasteiger partial charge is 0.376 e. The van der Waals surface area contributed by atoms with E-state index in [1.807, 2.05) is 0 Å². The molecule has 5 heteroatoms. The van der Waals surface area contributed by atoms with Crippen LogP contribution in [0.5, 0.6) is 0 Å². The van der Waals surface area contributed by atoms with E-state index >= 15 is 0 Å². The maximum absolute atomic E-state index is 11.8. The van der Waals surface area contributed by atoms with Gasteiger partial charge in [0.15, 0.2) is 0 Å². The summed E-state index contributed by atoms with van der Waals surface area (Å²) in [5.41, 5.74) is 0. The van der Waals surface area contributed by atoms with E-state index in [1.165, 1.54) is 6.42 Å². The number of carbonyl (C=O) groups excluding carboxylic acids is 2. The van der Waals surface area contributed by atoms with Gasteiger partial charge in [-0.2, -0.15) is 0 Å². The minimum absolute atomic E-state index is 0.0744. The highest BCUT2D eigenvalue weighted by molar-refractivity contribution is 6.35. The summed E-state index contributed by atoms with van der Waals surface area (Å²) >= 11 is 0. The van der Waals surface area contributed by atoms with Crippen molar-refractivity contribution in [1.29, 1.82) is 0 Å². The Hall–Kier alpha value is -1.10. The second-order valence-corrected chi connectivity index (χ2v) is 5.69. The molecule has 0 spiro atoms. The molecule has 1 heterocycles. The van der Waals surface area contributed by atoms with Crippen molar-refractivity contribution in [3.05, 3.63) is 0 Å². The third-order valence-corrected chi connectivity index (χ3v) is 4.15. The van der Waals surface area contributed by atoms with E-state index in [9.17, 15) is 9.59 Å². The Kier molecular flexibility index (Phi) is 5.19. The second kappa shape index (κ2) is 6.89. The Morgan fingerprint density at radius 1 is 1.11 bits per heavy atom. The molecule has 2 N–H and O–H groups in total. The SMILES string of the molecule is C[C@@H]1CCCC[C@H]1NC(=O)C(=O)NC[C@H]1CCCO1. The number of amides is 2. The van der Waals surface area contributed by atoms with Gasteiger partial charge in [-0.25, -0.2) is 0 Å². The standard InChI is InChI=1S/C14H24N2O3/c1-10-5-2-3-7-12(10)16-14(18)13(17)15-9-11-6-4-8-19-11/h10-12H,2-9H2,1H3,(H,15,17)(H,16,18)/t10-,11-,12-/m1/s1. The lowest BCUT2D eigenvalue weighted by atomic mass is 9.86. The van der Waals surface area contributed by atoms with Gasteiger partial charge in [-0.15, -0.1) is 0 Å². The summed E-state index contributed by atoms with van der Waals surface area (Å²) in [5.74, 6) is -0.575. The van der Waals surface area contributed by atoms with Crippen molar-refractivity contribution in [1.82, 2.24) is 10.6 Å². The smallest absolute Gasteiger partial charge is 0.309 e. The fourth-order valence-corrected chi connectivity index (χ4v) is 2.86. The molecule has 0 bridgehead atoms. The Labute approximate surface area is 114 Å². The van der Waals surface area contributed by atoms with Crippen LogP contribution in [0.15, 0.2) is 0 Å². The monoisotopic (exact) mass is 268 g/mol. The van der Waals surface area contributed by atoms with Crippen LogP contribution in [-0.4, -0.2) is 37.1 Å². The van der Waals surface area contributed by atoms with Crippen LogP contribution < -0.4 is 10.6 Å². The topological polar surface area (TPSA) is 67.4 Å². The van der Waals surface area contributed by atoms with Crippen LogP contribution in [0.3, 0.4) is 0 Å². The molecule has 2 amide bonds. The van der Waals surface area contributed by atoms with Gasteiger partial charge in [0.2, 0.25) is 0 Å². The summed E-state index contributed by atoms with van der Waals surface area (Å²) in [7, 11) is 0. The van der Waals surface area contributed by atoms with Crippen LogP contribution in [0.1, 0.15) is 45.4 Å². The first-order valence-corrected chi connectivity index (χ1v) is 7.37. The molecule has 108 valence electrons. The minimum atomic E-state index is -0.534. The van der Waals surface area contributed by atoms with Crippen LogP contribution in [0.2, 0.25) is 0 Å². The van der Waals surface area contributed by atoms with Crippen molar-refractivity contribution in [2.24, 2.45) is 5.92 Å². The van der Waals surface area contributed by atoms with Gasteiger partial charge < -0.3 is 15.4 Å². The van der Waals surface area contributed by atoms with Crippen LogP contribution in [0.4, 0.5) is 0 Å². The van der Waals surface area contributed by atoms with Crippen LogP contribution >= 0.6 is 0 Å². The zero-order valence-electron chi connectivity index (χ0n) is 11.6. The molecule has 1 aliphatic heterocycles. The molecule has 0 radical (unpaired) electrons. The maximum atomic E-state index is 11.8. The van der Waals surface area contributed by atoms with Gasteiger partial charge in [-0.1, -0.05) is 19.8 Å². The third-order valence-electron chi connectivity index (χ3n) is 4.15. The van der Waals surface area contributed by atoms with Crippen molar-refractivity contribution in [2.45, 2.75) is 57.6 Å². The summed E-state index contributed by atoms with van der Waals surface area (Å²) in [6.45, 7) is 3.33. The highest BCUT2D eigenvalue weighted by Crippen LogP contribution is 2.23. The second-order valence-electron chi connectivity index (χ2n) is 5.69. The average Bonchev–Trinajstić information content (AvgIpc) is 2.91. The van der Waals surface area contributed by atoms with Gasteiger partial charge in [-0.3, -0.25) is 9.59 Å². The Balaban J connectivity index is 1.70. The molecule has 2 rings (SSSR count). The molecule has 1 saturated carbocycles. The fourth-order valence-electron chi connectivity index (χ4n) is 2.86. The van der Waals surface area contributed by atoms with E-state index in [-0.39, 0.29) is 12.1 Å². The summed E-state index contributed by atoms with van der Waals surface area (Å²) in [6.07, 6.45) is 6.53. The first-order valence-electron chi connectivity index (χ1n) is 7.37. The molecule has 0 unspecified atom stereocenters. The molecular formula is C14H24N2O3. The number of rotatable bonds is 3. The molecular weight excluding hydrogens is 244 g/mol. The van der Waals surface area contributed by atoms with E-state index in [1.54, 1.807) is 0 Å². The van der Waals surface area contributed by atoms with E-state index in [2.05, 4.69) is 17.6 Å². The zero-order valence-corrected chi connectivity index (χ0v) is 11.6. The van der Waals surface area contributed by atoms with Crippen LogP contribution in [-0.2, 0) is 14.3 Å². The Morgan fingerprint density at radius 2 is 1.89 bits per heavy atom. The molecule has 0 aromatic carbocycles. The Morgan fingerprint density at radius 3 is 2.58 bits per heavy atom. The molecule has 1 saturated heterocycles. The third kappa shape index (κ3) is 4.20. The summed E-state index contributed by atoms with van der Waals surface area (Å²) in [4.78, 5) is 23.5. The predicted octanol–water partition coefficient (Wildman–Crippen LogP) is 0.976. The minimum Gasteiger partial charge on any atom is -0.376 e. The lowest BCUT2D eigenvalue weighted by molar-refractivity contribution is -0.140. The maximum Gasteiger partial charge on any atom is 0.309 e. The summed E-state index contributed by atoms with van der Waals surface area (Å²) < 4.78 is 5.40. The van der Waals surface area contributed by atoms with Gasteiger partial charge in [-0.05, 0) is 31.6 Å². The Bertz CT molecular complexity index is 327. The molecule has 2 aliphatic rings. The molecule has 1 aliphatic carbocycles. The quantitative estimate of drug-likeness (QED) is 0.750. The van der Waals surface area contributed by atoms with Crippen molar-refractivity contribution in [3.8, 4) is 0 Å². The summed E-state index contributed by atoms with van der Waals surface area (Å²) in [5, 5.41) is 5.50. The van der Waals surface area contributed by atoms with Crippen LogP contribution in [0, 0.1) is 5.92 Å². The average molecular weight is 268 g/mol. The normalized spacial score (nSPS) is 30.9. The lowest BCUT2D eigenvalue weighted by Gasteiger charge is -2.29. The number of carbonyl (C=O) groups is 2. The number of hydrogen-bond acceptors (Lipinski definition) is 3. The summed E-state index contributed by atoms with van der Waals surface area (Å²) in [6, 6.07) is 0.148. The number of ether oxygens (including phenoxy) is 1. The van der Waals surface area contributed by atoms with Crippen molar-refractivity contribution in [2.75, 3.05) is 13.2 Å². The molecule has 0 aromatic heterocycles. The zero-order chi connectivity index (χ0) is 13.7. The van der Waals surface area contributed by atoms with E-state index in [0.717, 1.165) is 38.7 Å². The van der Waals surface area contributed by atoms with Gasteiger partial charge >= 0.3 is 11.8 Å². The van der Waals surface area contributed by atoms with Crippen LogP contribution in [0.25, 0.3) is 0 Å². The molecule has 19 heavy (non-hydrogen) atoms. The number of hydrogen-bond donors (Lipinski definition) is 2. The van der Waals surface area contributed by atoms with E-state index in [4.69, 9.17) is 4.74 Å². The number of nitrogens with one attached hydrogen (secondary N) is 2. The van der Waals surface area contributed by atoms with Crippen molar-refractivity contribution in [3.63, 3.8) is 0 Å². The molecule has 5 nitrogen and oxygen atoms in total. The van der Waals surface area contributed by atoms with Gasteiger partial charge in [0.05, 0.1) is 6.10 Å².